The lowest BCUT2D eigenvalue weighted by atomic mass is 9.79. The molecule has 0 bridgehead atoms. The van der Waals surface area contributed by atoms with Crippen molar-refractivity contribution >= 4 is 5.91 Å². The average Bonchev–Trinajstić information content (AvgIpc) is 2.99. The molecule has 2 atom stereocenters. The minimum atomic E-state index is 0.182. The quantitative estimate of drug-likeness (QED) is 0.869. The Hall–Kier alpha value is -2.49. The zero-order valence-corrected chi connectivity index (χ0v) is 14.0. The van der Waals surface area contributed by atoms with Gasteiger partial charge in [-0.25, -0.2) is 0 Å². The Kier molecular flexibility index (Phi) is 3.68. The minimum Gasteiger partial charge on any atom is -0.493 e. The first kappa shape index (κ1) is 15.1. The molecule has 1 saturated heterocycles. The minimum absolute atomic E-state index is 0.182. The number of benzene rings is 2. The predicted molar refractivity (Wildman–Crippen MR) is 91.4 cm³/mol. The number of rotatable bonds is 3. The van der Waals surface area contributed by atoms with Crippen LogP contribution in [0.1, 0.15) is 35.4 Å². The smallest absolute Gasteiger partial charge is 0.223 e. The van der Waals surface area contributed by atoms with Gasteiger partial charge in [0, 0.05) is 24.9 Å². The second-order valence-corrected chi connectivity index (χ2v) is 6.42. The summed E-state index contributed by atoms with van der Waals surface area (Å²) in [5.41, 5.74) is 3.64. The summed E-state index contributed by atoms with van der Waals surface area (Å²) in [5.74, 6) is 1.89. The van der Waals surface area contributed by atoms with Gasteiger partial charge in [0.15, 0.2) is 11.5 Å². The number of methoxy groups -OCH3 is 2. The van der Waals surface area contributed by atoms with Crippen LogP contribution in [0, 0.1) is 0 Å². The summed E-state index contributed by atoms with van der Waals surface area (Å²) in [6.45, 7) is 0.655. The van der Waals surface area contributed by atoms with Crippen LogP contribution in [0.25, 0.3) is 0 Å². The molecule has 2 aliphatic heterocycles. The van der Waals surface area contributed by atoms with E-state index < -0.39 is 0 Å². The largest absolute Gasteiger partial charge is 0.493 e. The molecule has 1 fully saturated rings. The number of hydrogen-bond acceptors (Lipinski definition) is 3. The normalized spacial score (nSPS) is 22.1. The van der Waals surface area contributed by atoms with Crippen molar-refractivity contribution in [3.8, 4) is 11.5 Å². The van der Waals surface area contributed by atoms with Crippen LogP contribution in [0.2, 0.25) is 0 Å². The number of amides is 1. The fourth-order valence-corrected chi connectivity index (χ4v) is 4.12. The molecule has 0 saturated carbocycles. The Morgan fingerprint density at radius 1 is 1.04 bits per heavy atom. The highest BCUT2D eigenvalue weighted by atomic mass is 16.5. The van der Waals surface area contributed by atoms with E-state index >= 15 is 0 Å². The van der Waals surface area contributed by atoms with Gasteiger partial charge >= 0.3 is 0 Å². The van der Waals surface area contributed by atoms with E-state index in [1.54, 1.807) is 14.2 Å². The van der Waals surface area contributed by atoms with Crippen LogP contribution in [0.5, 0.6) is 11.5 Å². The zero-order chi connectivity index (χ0) is 16.7. The van der Waals surface area contributed by atoms with Crippen molar-refractivity contribution in [2.45, 2.75) is 31.3 Å². The molecular formula is C20H21NO3. The lowest BCUT2D eigenvalue weighted by molar-refractivity contribution is -0.130. The average molecular weight is 323 g/mol. The molecule has 2 aromatic rings. The summed E-state index contributed by atoms with van der Waals surface area (Å²) in [4.78, 5) is 14.4. The van der Waals surface area contributed by atoms with E-state index in [0.717, 1.165) is 17.7 Å². The highest BCUT2D eigenvalue weighted by Crippen LogP contribution is 2.46. The van der Waals surface area contributed by atoms with E-state index in [2.05, 4.69) is 30.3 Å². The van der Waals surface area contributed by atoms with Crippen molar-refractivity contribution in [2.24, 2.45) is 0 Å². The van der Waals surface area contributed by atoms with Gasteiger partial charge in [-0.1, -0.05) is 30.3 Å². The van der Waals surface area contributed by atoms with Gasteiger partial charge in [0.25, 0.3) is 0 Å². The Balaban J connectivity index is 1.90. The van der Waals surface area contributed by atoms with Crippen molar-refractivity contribution in [2.75, 3.05) is 14.2 Å². The summed E-state index contributed by atoms with van der Waals surface area (Å²) >= 11 is 0. The Morgan fingerprint density at radius 2 is 1.75 bits per heavy atom. The molecule has 24 heavy (non-hydrogen) atoms. The molecule has 124 valence electrons. The first-order chi connectivity index (χ1) is 11.7. The molecule has 1 amide bonds. The van der Waals surface area contributed by atoms with Gasteiger partial charge in [0.2, 0.25) is 5.91 Å². The van der Waals surface area contributed by atoms with Crippen molar-refractivity contribution in [1.29, 1.82) is 0 Å². The molecule has 0 aromatic heterocycles. The molecule has 4 nitrogen and oxygen atoms in total. The molecule has 2 heterocycles. The molecule has 0 radical (unpaired) electrons. The number of carbonyl (C=O) groups is 1. The van der Waals surface area contributed by atoms with Gasteiger partial charge < -0.3 is 14.4 Å². The van der Waals surface area contributed by atoms with Gasteiger partial charge in [-0.2, -0.15) is 0 Å². The molecule has 0 spiro atoms. The maximum atomic E-state index is 12.3. The standard InChI is InChI=1S/C20H21NO3/c1-23-17-10-14-12-21-16(8-9-19(21)22)20(13-6-4-3-5-7-13)15(14)11-18(17)24-2/h3-7,10-11,16,20H,8-9,12H2,1-2H3/t16-,20+/m1/s1. The summed E-state index contributed by atoms with van der Waals surface area (Å²) < 4.78 is 11.0. The third-order valence-electron chi connectivity index (χ3n) is 5.24. The first-order valence-electron chi connectivity index (χ1n) is 8.32. The third-order valence-corrected chi connectivity index (χ3v) is 5.24. The maximum Gasteiger partial charge on any atom is 0.223 e. The first-order valence-corrected chi connectivity index (χ1v) is 8.32. The molecule has 2 aliphatic rings. The highest BCUT2D eigenvalue weighted by Gasteiger charge is 2.42. The lowest BCUT2D eigenvalue weighted by Crippen LogP contribution is -2.41. The van der Waals surface area contributed by atoms with E-state index in [-0.39, 0.29) is 17.9 Å². The van der Waals surface area contributed by atoms with Crippen LogP contribution < -0.4 is 9.47 Å². The highest BCUT2D eigenvalue weighted by molar-refractivity contribution is 5.80. The van der Waals surface area contributed by atoms with E-state index in [1.807, 2.05) is 17.0 Å². The van der Waals surface area contributed by atoms with E-state index in [0.29, 0.717) is 18.7 Å². The van der Waals surface area contributed by atoms with Crippen LogP contribution in [0.3, 0.4) is 0 Å². The van der Waals surface area contributed by atoms with Crippen LogP contribution in [-0.2, 0) is 11.3 Å². The molecule has 0 unspecified atom stereocenters. The number of hydrogen-bond donors (Lipinski definition) is 0. The summed E-state index contributed by atoms with van der Waals surface area (Å²) in [7, 11) is 3.31. The topological polar surface area (TPSA) is 38.8 Å². The Labute approximate surface area is 142 Å². The fourth-order valence-electron chi connectivity index (χ4n) is 4.12. The maximum absolute atomic E-state index is 12.3. The molecule has 2 aromatic carbocycles. The van der Waals surface area contributed by atoms with Gasteiger partial charge in [0.05, 0.1) is 14.2 Å². The van der Waals surface area contributed by atoms with Gasteiger partial charge in [-0.3, -0.25) is 4.79 Å². The second-order valence-electron chi connectivity index (χ2n) is 6.42. The molecule has 4 rings (SSSR count). The van der Waals surface area contributed by atoms with E-state index in [1.165, 1.54) is 11.1 Å². The van der Waals surface area contributed by atoms with E-state index in [4.69, 9.17) is 9.47 Å². The van der Waals surface area contributed by atoms with Crippen LogP contribution in [0.4, 0.5) is 0 Å². The zero-order valence-electron chi connectivity index (χ0n) is 14.0. The van der Waals surface area contributed by atoms with Crippen molar-refractivity contribution < 1.29 is 14.3 Å². The third kappa shape index (κ3) is 2.25. The lowest BCUT2D eigenvalue weighted by Gasteiger charge is -2.39. The Bertz CT molecular complexity index is 772. The summed E-state index contributed by atoms with van der Waals surface area (Å²) in [5, 5.41) is 0. The Morgan fingerprint density at radius 3 is 2.46 bits per heavy atom. The summed E-state index contributed by atoms with van der Waals surface area (Å²) in [6, 6.07) is 14.8. The van der Waals surface area contributed by atoms with Gasteiger partial charge in [0.1, 0.15) is 0 Å². The van der Waals surface area contributed by atoms with Crippen molar-refractivity contribution in [1.82, 2.24) is 4.90 Å². The van der Waals surface area contributed by atoms with Crippen molar-refractivity contribution in [3.05, 3.63) is 59.2 Å². The second kappa shape index (κ2) is 5.86. The fraction of sp³-hybridized carbons (Fsp3) is 0.350. The molecular weight excluding hydrogens is 302 g/mol. The van der Waals surface area contributed by atoms with Gasteiger partial charge in [-0.05, 0) is 35.2 Å². The van der Waals surface area contributed by atoms with Crippen LogP contribution in [0.15, 0.2) is 42.5 Å². The van der Waals surface area contributed by atoms with Crippen LogP contribution in [-0.4, -0.2) is 31.1 Å². The number of fused-ring (bicyclic) bond motifs is 2. The number of carbonyl (C=O) groups excluding carboxylic acids is 1. The summed E-state index contributed by atoms with van der Waals surface area (Å²) in [6.07, 6.45) is 1.54. The van der Waals surface area contributed by atoms with Gasteiger partial charge in [-0.15, -0.1) is 0 Å². The SMILES string of the molecule is COc1cc2c(cc1OC)[C@H](c1ccccc1)[C@H]1CCC(=O)N1C2. The van der Waals surface area contributed by atoms with E-state index in [9.17, 15) is 4.79 Å². The molecule has 0 aliphatic carbocycles. The predicted octanol–water partition coefficient (Wildman–Crippen LogP) is 3.34. The monoisotopic (exact) mass is 323 g/mol. The van der Waals surface area contributed by atoms with Crippen LogP contribution >= 0.6 is 0 Å². The number of nitrogens with zero attached hydrogens (tertiary/aromatic N) is 1. The molecule has 4 heteroatoms. The molecule has 0 N–H and O–H groups in total. The van der Waals surface area contributed by atoms with Crippen molar-refractivity contribution in [3.63, 3.8) is 0 Å². The number of ether oxygens (including phenoxy) is 2.